The predicted molar refractivity (Wildman–Crippen MR) is 128 cm³/mol. The number of halogens is 1. The Hall–Kier alpha value is -1.93. The summed E-state index contributed by atoms with van der Waals surface area (Å²) in [5.41, 5.74) is 1.27. The first kappa shape index (κ1) is 24.7. The van der Waals surface area contributed by atoms with Gasteiger partial charge >= 0.3 is 0 Å². The molecule has 0 atom stereocenters. The number of amides is 1. The number of unbranched alkanes of at least 4 members (excludes halogenated alkanes) is 1. The number of rotatable bonds is 10. The van der Waals surface area contributed by atoms with Gasteiger partial charge in [0, 0.05) is 57.3 Å². The molecule has 1 heterocycles. The van der Waals surface area contributed by atoms with Crippen molar-refractivity contribution in [2.24, 2.45) is 0 Å². The molecule has 0 aliphatic carbocycles. The monoisotopic (exact) mass is 477 g/mol. The molecule has 0 aromatic heterocycles. The van der Waals surface area contributed by atoms with Crippen molar-refractivity contribution in [1.82, 2.24) is 14.1 Å². The normalized spacial score (nSPS) is 15.3. The molecule has 1 aliphatic rings. The van der Waals surface area contributed by atoms with Crippen LogP contribution in [0.25, 0.3) is 0 Å². The second kappa shape index (κ2) is 11.8. The van der Waals surface area contributed by atoms with Crippen molar-refractivity contribution in [3.8, 4) is 0 Å². The third-order valence-corrected chi connectivity index (χ3v) is 7.93. The van der Waals surface area contributed by atoms with E-state index in [0.717, 1.165) is 32.5 Å². The second-order valence-electron chi connectivity index (χ2n) is 8.10. The number of hydrogen-bond donors (Lipinski definition) is 0. The lowest BCUT2D eigenvalue weighted by Gasteiger charge is -2.35. The molecule has 6 nitrogen and oxygen atoms in total. The Morgan fingerprint density at radius 3 is 2.25 bits per heavy atom. The van der Waals surface area contributed by atoms with Crippen LogP contribution in [0.2, 0.25) is 5.02 Å². The minimum atomic E-state index is -3.66. The van der Waals surface area contributed by atoms with Crippen LogP contribution in [0.15, 0.2) is 59.5 Å². The van der Waals surface area contributed by atoms with Crippen molar-refractivity contribution in [3.05, 3.63) is 65.2 Å². The molecule has 8 heteroatoms. The summed E-state index contributed by atoms with van der Waals surface area (Å²) in [6.07, 6.45) is 1.82. The van der Waals surface area contributed by atoms with Crippen molar-refractivity contribution >= 4 is 27.5 Å². The third-order valence-electron chi connectivity index (χ3n) is 5.76. The van der Waals surface area contributed by atoms with Crippen LogP contribution in [0.5, 0.6) is 0 Å². The van der Waals surface area contributed by atoms with Gasteiger partial charge in [0.15, 0.2) is 0 Å². The van der Waals surface area contributed by atoms with E-state index in [1.54, 1.807) is 12.1 Å². The molecular weight excluding hydrogens is 446 g/mol. The average molecular weight is 478 g/mol. The maximum absolute atomic E-state index is 13.1. The van der Waals surface area contributed by atoms with Gasteiger partial charge in [-0.25, -0.2) is 8.42 Å². The lowest BCUT2D eigenvalue weighted by molar-refractivity contribution is -0.133. The van der Waals surface area contributed by atoms with Crippen molar-refractivity contribution in [2.45, 2.75) is 37.6 Å². The van der Waals surface area contributed by atoms with Crippen molar-refractivity contribution in [1.29, 1.82) is 0 Å². The minimum absolute atomic E-state index is 0.0113. The molecule has 0 N–H and O–H groups in total. The van der Waals surface area contributed by atoms with E-state index >= 15 is 0 Å². The fourth-order valence-electron chi connectivity index (χ4n) is 3.82. The fraction of sp³-hybridized carbons (Fsp3) is 0.458. The van der Waals surface area contributed by atoms with Gasteiger partial charge in [0.25, 0.3) is 0 Å². The quantitative estimate of drug-likeness (QED) is 0.521. The van der Waals surface area contributed by atoms with Crippen molar-refractivity contribution < 1.29 is 13.2 Å². The van der Waals surface area contributed by atoms with Crippen LogP contribution >= 0.6 is 11.6 Å². The predicted octanol–water partition coefficient (Wildman–Crippen LogP) is 3.87. The highest BCUT2D eigenvalue weighted by molar-refractivity contribution is 7.89. The topological polar surface area (TPSA) is 60.9 Å². The Morgan fingerprint density at radius 2 is 1.62 bits per heavy atom. The molecule has 1 amide bonds. The van der Waals surface area contributed by atoms with Gasteiger partial charge in [-0.05, 0) is 36.2 Å². The molecule has 0 bridgehead atoms. The van der Waals surface area contributed by atoms with Gasteiger partial charge in [-0.3, -0.25) is 9.69 Å². The molecule has 2 aromatic rings. The van der Waals surface area contributed by atoms with Gasteiger partial charge in [-0.15, -0.1) is 0 Å². The minimum Gasteiger partial charge on any atom is -0.340 e. The van der Waals surface area contributed by atoms with Crippen molar-refractivity contribution in [3.63, 3.8) is 0 Å². The molecule has 1 fully saturated rings. The Balaban J connectivity index is 1.54. The number of sulfonamides is 1. The molecule has 3 rings (SSSR count). The number of carbonyl (C=O) groups is 1. The molecular formula is C24H32ClN3O3S. The lowest BCUT2D eigenvalue weighted by Crippen LogP contribution is -2.49. The van der Waals surface area contributed by atoms with Crippen LogP contribution < -0.4 is 0 Å². The molecule has 0 radical (unpaired) electrons. The standard InChI is InChI=1S/C24H32ClN3O3S/c1-2-3-14-28(32(30,31)23-11-9-22(25)10-12-23)15-13-24(29)27-18-16-26(17-19-27)20-21-7-5-4-6-8-21/h4-12H,2-3,13-20H2,1H3. The van der Waals surface area contributed by atoms with Gasteiger partial charge in [0.1, 0.15) is 0 Å². The Bertz CT molecular complexity index is 960. The first-order valence-electron chi connectivity index (χ1n) is 11.2. The average Bonchev–Trinajstić information content (AvgIpc) is 2.80. The van der Waals surface area contributed by atoms with E-state index in [-0.39, 0.29) is 23.8 Å². The summed E-state index contributed by atoms with van der Waals surface area (Å²) in [5.74, 6) is 0.0113. The molecule has 0 saturated carbocycles. The van der Waals surface area contributed by atoms with Gasteiger partial charge in [-0.2, -0.15) is 4.31 Å². The molecule has 1 aliphatic heterocycles. The summed E-state index contributed by atoms with van der Waals surface area (Å²) >= 11 is 5.91. The molecule has 0 spiro atoms. The third kappa shape index (κ3) is 6.78. The summed E-state index contributed by atoms with van der Waals surface area (Å²) in [5, 5.41) is 0.491. The maximum Gasteiger partial charge on any atom is 0.243 e. The Kier molecular flexibility index (Phi) is 9.11. The summed E-state index contributed by atoms with van der Waals surface area (Å²) in [6, 6.07) is 16.5. The molecule has 174 valence electrons. The fourth-order valence-corrected chi connectivity index (χ4v) is 5.42. The van der Waals surface area contributed by atoms with E-state index in [0.29, 0.717) is 24.7 Å². The van der Waals surface area contributed by atoms with Crippen LogP contribution in [0.4, 0.5) is 0 Å². The zero-order chi connectivity index (χ0) is 23.0. The highest BCUT2D eigenvalue weighted by atomic mass is 35.5. The second-order valence-corrected chi connectivity index (χ2v) is 10.5. The molecule has 0 unspecified atom stereocenters. The van der Waals surface area contributed by atoms with Gasteiger partial charge < -0.3 is 4.90 Å². The van der Waals surface area contributed by atoms with Crippen molar-refractivity contribution in [2.75, 3.05) is 39.3 Å². The highest BCUT2D eigenvalue weighted by Crippen LogP contribution is 2.20. The summed E-state index contributed by atoms with van der Waals surface area (Å²) in [6.45, 7) is 6.48. The lowest BCUT2D eigenvalue weighted by atomic mass is 10.2. The van der Waals surface area contributed by atoms with E-state index in [4.69, 9.17) is 11.6 Å². The van der Waals surface area contributed by atoms with Crippen LogP contribution in [-0.2, 0) is 21.4 Å². The Labute approximate surface area is 196 Å². The number of nitrogens with zero attached hydrogens (tertiary/aromatic N) is 3. The van der Waals surface area contributed by atoms with Gasteiger partial charge in [-0.1, -0.05) is 55.3 Å². The summed E-state index contributed by atoms with van der Waals surface area (Å²) in [4.78, 5) is 17.2. The van der Waals surface area contributed by atoms with E-state index in [2.05, 4.69) is 17.0 Å². The van der Waals surface area contributed by atoms with Gasteiger partial charge in [0.2, 0.25) is 15.9 Å². The zero-order valence-corrected chi connectivity index (χ0v) is 20.2. The first-order chi connectivity index (χ1) is 15.4. The smallest absolute Gasteiger partial charge is 0.243 e. The maximum atomic E-state index is 13.1. The number of carbonyl (C=O) groups excluding carboxylic acids is 1. The highest BCUT2D eigenvalue weighted by Gasteiger charge is 2.26. The SMILES string of the molecule is CCCCN(CCC(=O)N1CCN(Cc2ccccc2)CC1)S(=O)(=O)c1ccc(Cl)cc1. The summed E-state index contributed by atoms with van der Waals surface area (Å²) in [7, 11) is -3.66. The molecule has 32 heavy (non-hydrogen) atoms. The molecule has 1 saturated heterocycles. The first-order valence-corrected chi connectivity index (χ1v) is 13.0. The van der Waals surface area contributed by atoms with Crippen LogP contribution in [0.3, 0.4) is 0 Å². The number of piperazine rings is 1. The van der Waals surface area contributed by atoms with Crippen LogP contribution in [0, 0.1) is 0 Å². The van der Waals surface area contributed by atoms with Gasteiger partial charge in [0.05, 0.1) is 4.90 Å². The Morgan fingerprint density at radius 1 is 0.969 bits per heavy atom. The largest absolute Gasteiger partial charge is 0.340 e. The summed E-state index contributed by atoms with van der Waals surface area (Å²) < 4.78 is 27.6. The number of hydrogen-bond acceptors (Lipinski definition) is 4. The van der Waals surface area contributed by atoms with E-state index in [1.807, 2.05) is 30.0 Å². The zero-order valence-electron chi connectivity index (χ0n) is 18.6. The van der Waals surface area contributed by atoms with E-state index < -0.39 is 10.0 Å². The van der Waals surface area contributed by atoms with Crippen LogP contribution in [0.1, 0.15) is 31.7 Å². The number of benzene rings is 2. The van der Waals surface area contributed by atoms with E-state index in [1.165, 1.54) is 22.0 Å². The van der Waals surface area contributed by atoms with E-state index in [9.17, 15) is 13.2 Å². The van der Waals surface area contributed by atoms with Crippen LogP contribution in [-0.4, -0.2) is 67.7 Å². The molecule has 2 aromatic carbocycles.